The van der Waals surface area contributed by atoms with Crippen LogP contribution in [0.4, 0.5) is 0 Å². The van der Waals surface area contributed by atoms with Crippen molar-refractivity contribution in [3.63, 3.8) is 0 Å². The van der Waals surface area contributed by atoms with Gasteiger partial charge in [-0.15, -0.1) is 11.3 Å². The molecule has 1 fully saturated rings. The Bertz CT molecular complexity index is 1020. The summed E-state index contributed by atoms with van der Waals surface area (Å²) in [5, 5.41) is 15.1. The molecule has 0 radical (unpaired) electrons. The van der Waals surface area contributed by atoms with Crippen LogP contribution in [0.15, 0.2) is 52.1 Å². The van der Waals surface area contributed by atoms with E-state index in [0.717, 1.165) is 42.8 Å². The van der Waals surface area contributed by atoms with Crippen LogP contribution in [0.2, 0.25) is 10.0 Å². The number of hydrogen-bond donors (Lipinski definition) is 2. The maximum absolute atomic E-state index is 12.2. The van der Waals surface area contributed by atoms with E-state index in [-0.39, 0.29) is 12.4 Å². The molecule has 0 unspecified atom stereocenters. The van der Waals surface area contributed by atoms with E-state index in [1.54, 1.807) is 38.2 Å². The van der Waals surface area contributed by atoms with Gasteiger partial charge in [-0.1, -0.05) is 36.2 Å². The highest BCUT2D eigenvalue weighted by atomic mass is 35.5. The van der Waals surface area contributed by atoms with Crippen LogP contribution in [-0.2, 0) is 19.1 Å². The largest absolute Gasteiger partial charge is 0.481 e. The Balaban J connectivity index is 0.000000288. The first kappa shape index (κ1) is 29.7. The third-order valence-electron chi connectivity index (χ3n) is 4.76. The monoisotopic (exact) mass is 556 g/mol. The molecule has 196 valence electrons. The Kier molecular flexibility index (Phi) is 13.4. The lowest BCUT2D eigenvalue weighted by atomic mass is 10.1. The fraction of sp³-hybridized carbons (Fsp3) is 0.417. The van der Waals surface area contributed by atoms with Crippen LogP contribution >= 0.6 is 34.5 Å². The van der Waals surface area contributed by atoms with E-state index < -0.39 is 5.97 Å². The number of rotatable bonds is 6. The van der Waals surface area contributed by atoms with Crippen LogP contribution in [-0.4, -0.2) is 78.8 Å². The molecule has 12 heteroatoms. The molecule has 2 aromatic rings. The molecule has 0 saturated carbocycles. The Labute approximate surface area is 224 Å². The third-order valence-corrected chi connectivity index (χ3v) is 6.01. The van der Waals surface area contributed by atoms with Crippen molar-refractivity contribution < 1.29 is 24.2 Å². The summed E-state index contributed by atoms with van der Waals surface area (Å²) in [6, 6.07) is 7.08. The molecule has 0 spiro atoms. The van der Waals surface area contributed by atoms with Crippen molar-refractivity contribution in [3.05, 3.63) is 62.2 Å². The number of carbonyl (C=O) groups excluding carboxylic acids is 1. The van der Waals surface area contributed by atoms with Crippen LogP contribution < -0.4 is 5.32 Å². The van der Waals surface area contributed by atoms with Gasteiger partial charge >= 0.3 is 11.9 Å². The number of carboxylic acids is 1. The third kappa shape index (κ3) is 10.6. The highest BCUT2D eigenvalue weighted by Gasteiger charge is 2.25. The summed E-state index contributed by atoms with van der Waals surface area (Å²) in [5.41, 5.74) is 1.45. The quantitative estimate of drug-likeness (QED) is 0.511. The number of morpholine rings is 1. The molecule has 9 nitrogen and oxygen atoms in total. The second-order valence-electron chi connectivity index (χ2n) is 7.38. The average molecular weight is 558 g/mol. The smallest absolute Gasteiger partial charge is 0.337 e. The van der Waals surface area contributed by atoms with Gasteiger partial charge in [0.2, 0.25) is 0 Å². The molecule has 0 amide bonds. The molecule has 0 aliphatic carbocycles. The van der Waals surface area contributed by atoms with Gasteiger partial charge in [-0.3, -0.25) is 14.7 Å². The number of aromatic nitrogens is 1. The number of nitrogens with one attached hydrogen (secondary N) is 1. The van der Waals surface area contributed by atoms with E-state index in [4.69, 9.17) is 37.8 Å². The lowest BCUT2D eigenvalue weighted by Gasteiger charge is -2.30. The lowest BCUT2D eigenvalue weighted by Crippen LogP contribution is -2.43. The molecule has 3 heterocycles. The highest BCUT2D eigenvalue weighted by Crippen LogP contribution is 2.17. The number of hydrogen-bond acceptors (Lipinski definition) is 9. The first-order valence-corrected chi connectivity index (χ1v) is 13.0. The Morgan fingerprint density at radius 2 is 1.89 bits per heavy atom. The van der Waals surface area contributed by atoms with Crippen LogP contribution in [0.1, 0.15) is 25.3 Å². The van der Waals surface area contributed by atoms with Gasteiger partial charge in [-0.2, -0.15) is 0 Å². The first-order chi connectivity index (χ1) is 17.3. The molecule has 2 aliphatic heterocycles. The lowest BCUT2D eigenvalue weighted by molar-refractivity contribution is -0.139. The maximum atomic E-state index is 12.2. The molecule has 0 bridgehead atoms. The van der Waals surface area contributed by atoms with Crippen LogP contribution in [0.3, 0.4) is 0 Å². The van der Waals surface area contributed by atoms with E-state index >= 15 is 0 Å². The van der Waals surface area contributed by atoms with Gasteiger partial charge < -0.3 is 19.9 Å². The molecule has 2 aliphatic rings. The van der Waals surface area contributed by atoms with Crippen molar-refractivity contribution in [1.29, 1.82) is 0 Å². The molecule has 1 aromatic carbocycles. The minimum absolute atomic E-state index is 0.222. The van der Waals surface area contributed by atoms with Gasteiger partial charge in [0.05, 0.1) is 31.9 Å². The average Bonchev–Trinajstić information content (AvgIpc) is 3.41. The van der Waals surface area contributed by atoms with Crippen molar-refractivity contribution in [2.45, 2.75) is 20.3 Å². The minimum Gasteiger partial charge on any atom is -0.481 e. The van der Waals surface area contributed by atoms with E-state index in [2.05, 4.69) is 20.2 Å². The normalized spacial score (nSPS) is 15.4. The number of aliphatic carboxylic acids is 1. The number of esters is 1. The summed E-state index contributed by atoms with van der Waals surface area (Å²) in [5.74, 6) is -0.327. The topological polar surface area (TPSA) is 113 Å². The predicted octanol–water partition coefficient (Wildman–Crippen LogP) is 4.12. The van der Waals surface area contributed by atoms with Gasteiger partial charge in [0.25, 0.3) is 0 Å². The zero-order valence-electron chi connectivity index (χ0n) is 20.2. The molecule has 1 saturated heterocycles. The Hall–Kier alpha value is -2.50. The minimum atomic E-state index is -0.745. The first-order valence-electron chi connectivity index (χ1n) is 11.4. The molecule has 2 N–H and O–H groups in total. The summed E-state index contributed by atoms with van der Waals surface area (Å²) in [4.78, 5) is 32.6. The molecule has 1 aromatic heterocycles. The van der Waals surface area contributed by atoms with Crippen LogP contribution in [0, 0.1) is 0 Å². The Morgan fingerprint density at radius 1 is 1.22 bits per heavy atom. The summed E-state index contributed by atoms with van der Waals surface area (Å²) in [7, 11) is 0. The highest BCUT2D eigenvalue weighted by molar-refractivity contribution is 7.11. The zero-order valence-corrected chi connectivity index (χ0v) is 22.5. The van der Waals surface area contributed by atoms with Crippen LogP contribution in [0.25, 0.3) is 0 Å². The van der Waals surface area contributed by atoms with Crippen molar-refractivity contribution in [1.82, 2.24) is 15.2 Å². The fourth-order valence-electron chi connectivity index (χ4n) is 2.96. The fourth-order valence-corrected chi connectivity index (χ4v) is 3.99. The van der Waals surface area contributed by atoms with Crippen molar-refractivity contribution in [2.75, 3.05) is 46.0 Å². The number of carbonyl (C=O) groups is 2. The predicted molar refractivity (Wildman–Crippen MR) is 142 cm³/mol. The second-order valence-corrected chi connectivity index (χ2v) is 9.15. The molecular weight excluding hydrogens is 527 g/mol. The van der Waals surface area contributed by atoms with Crippen molar-refractivity contribution in [2.24, 2.45) is 4.99 Å². The van der Waals surface area contributed by atoms with E-state index in [1.807, 2.05) is 11.4 Å². The summed E-state index contributed by atoms with van der Waals surface area (Å²) < 4.78 is 10.5. The molecule has 36 heavy (non-hydrogen) atoms. The zero-order chi connectivity index (χ0) is 26.3. The Morgan fingerprint density at radius 3 is 2.39 bits per heavy atom. The van der Waals surface area contributed by atoms with Gasteiger partial charge in [-0.05, 0) is 25.1 Å². The summed E-state index contributed by atoms with van der Waals surface area (Å²) >= 11 is 12.6. The summed E-state index contributed by atoms with van der Waals surface area (Å²) in [6.45, 7) is 7.88. The number of aliphatic imine (C=N–C) groups is 1. The number of thiazole rings is 1. The molecule has 4 rings (SSSR count). The number of carboxylic acid groups (broad SMARTS) is 1. The SMILES string of the molecule is CCC(=O)O.CCOC(=O)C1=C(CN2CCOCC2)NC(c2nccs2)=NC1.Clc1cccc(Cl)c1. The van der Waals surface area contributed by atoms with Crippen molar-refractivity contribution in [3.8, 4) is 0 Å². The number of benzene rings is 1. The standard InChI is InChI=1S/C15H20N4O3S.C6H4Cl2.C3H6O2/c1-2-22-15(20)11-9-17-13(14-16-3-8-23-14)18-12(11)10-19-4-6-21-7-5-19;7-5-2-1-3-6(8)4-5;1-2-3(4)5/h3,8H,2,4-7,9-10H2,1H3,(H,17,18);1-4H;2H2,1H3,(H,4,5). The number of ether oxygens (including phenoxy) is 2. The number of nitrogens with zero attached hydrogens (tertiary/aromatic N) is 3. The van der Waals surface area contributed by atoms with Gasteiger partial charge in [0.15, 0.2) is 10.8 Å². The second kappa shape index (κ2) is 16.3. The van der Waals surface area contributed by atoms with E-state index in [0.29, 0.717) is 35.3 Å². The van der Waals surface area contributed by atoms with Gasteiger partial charge in [-0.25, -0.2) is 9.78 Å². The van der Waals surface area contributed by atoms with E-state index in [9.17, 15) is 9.59 Å². The van der Waals surface area contributed by atoms with E-state index in [1.165, 1.54) is 11.3 Å². The van der Waals surface area contributed by atoms with Crippen molar-refractivity contribution >= 4 is 52.3 Å². The van der Waals surface area contributed by atoms with Gasteiger partial charge in [0.1, 0.15) is 0 Å². The van der Waals surface area contributed by atoms with Gasteiger partial charge in [0, 0.05) is 53.4 Å². The maximum Gasteiger partial charge on any atom is 0.337 e. The molecule has 0 atom stereocenters. The van der Waals surface area contributed by atoms with Crippen LogP contribution in [0.5, 0.6) is 0 Å². The molecular formula is C24H30Cl2N4O5S. The summed E-state index contributed by atoms with van der Waals surface area (Å²) in [6.07, 6.45) is 1.97. The number of halogens is 2. The number of amidine groups is 1.